The molecule has 6 heteroatoms. The lowest BCUT2D eigenvalue weighted by atomic mass is 10.1. The molecule has 0 spiro atoms. The monoisotopic (exact) mass is 280 g/mol. The second-order valence-corrected chi connectivity index (χ2v) is 5.99. The fourth-order valence-electron chi connectivity index (χ4n) is 3.33. The maximum Gasteiger partial charge on any atom is 0.326 e. The first kappa shape index (κ1) is 13.4. The van der Waals surface area contributed by atoms with Gasteiger partial charge in [-0.3, -0.25) is 9.59 Å². The Balaban J connectivity index is 1.72. The third-order valence-electron chi connectivity index (χ3n) is 4.57. The zero-order valence-corrected chi connectivity index (χ0v) is 11.5. The topological polar surface area (TPSA) is 77.9 Å². The maximum atomic E-state index is 12.6. The standard InChI is InChI=1S/C14H20N2O4/c17-12(9-5-6-9)15-7-1-3-10(15)13(18)16-8-2-4-11(16)14(19)20/h9-11H,1-8H2,(H,19,20)/t10?,11-/m0/s1. The van der Waals surface area contributed by atoms with Crippen molar-refractivity contribution in [3.05, 3.63) is 0 Å². The number of carboxylic acids is 1. The van der Waals surface area contributed by atoms with Crippen molar-refractivity contribution < 1.29 is 19.5 Å². The van der Waals surface area contributed by atoms with Crippen LogP contribution in [0.25, 0.3) is 0 Å². The van der Waals surface area contributed by atoms with Crippen LogP contribution in [0.3, 0.4) is 0 Å². The number of likely N-dealkylation sites (tertiary alicyclic amines) is 2. The van der Waals surface area contributed by atoms with Crippen LogP contribution in [0, 0.1) is 5.92 Å². The number of rotatable bonds is 3. The highest BCUT2D eigenvalue weighted by atomic mass is 16.4. The van der Waals surface area contributed by atoms with Gasteiger partial charge < -0.3 is 14.9 Å². The Morgan fingerprint density at radius 1 is 0.800 bits per heavy atom. The van der Waals surface area contributed by atoms with Gasteiger partial charge in [-0.05, 0) is 38.5 Å². The van der Waals surface area contributed by atoms with Crippen LogP contribution in [0.4, 0.5) is 0 Å². The Kier molecular flexibility index (Phi) is 3.40. The lowest BCUT2D eigenvalue weighted by Gasteiger charge is -2.30. The fourth-order valence-corrected chi connectivity index (χ4v) is 3.33. The van der Waals surface area contributed by atoms with Crippen molar-refractivity contribution in [1.29, 1.82) is 0 Å². The third kappa shape index (κ3) is 2.27. The lowest BCUT2D eigenvalue weighted by molar-refractivity contribution is -0.152. The molecule has 1 saturated carbocycles. The molecule has 1 N–H and O–H groups in total. The SMILES string of the molecule is O=C(O)[C@@H]1CCCN1C(=O)C1CCCN1C(=O)C1CC1. The van der Waals surface area contributed by atoms with Crippen molar-refractivity contribution in [3.63, 3.8) is 0 Å². The minimum Gasteiger partial charge on any atom is -0.480 e. The molecule has 6 nitrogen and oxygen atoms in total. The molecule has 0 aromatic heterocycles. The van der Waals surface area contributed by atoms with Crippen LogP contribution in [-0.4, -0.2) is 57.9 Å². The van der Waals surface area contributed by atoms with Gasteiger partial charge in [0.25, 0.3) is 0 Å². The molecule has 1 aliphatic carbocycles. The van der Waals surface area contributed by atoms with Crippen molar-refractivity contribution in [1.82, 2.24) is 9.80 Å². The van der Waals surface area contributed by atoms with Gasteiger partial charge >= 0.3 is 5.97 Å². The number of nitrogens with zero attached hydrogens (tertiary/aromatic N) is 2. The number of hydrogen-bond acceptors (Lipinski definition) is 3. The van der Waals surface area contributed by atoms with E-state index in [4.69, 9.17) is 0 Å². The molecule has 2 saturated heterocycles. The molecule has 110 valence electrons. The van der Waals surface area contributed by atoms with Crippen LogP contribution < -0.4 is 0 Å². The second kappa shape index (κ2) is 5.07. The lowest BCUT2D eigenvalue weighted by Crippen LogP contribution is -2.51. The zero-order valence-electron chi connectivity index (χ0n) is 11.5. The minimum absolute atomic E-state index is 0.0897. The molecule has 3 fully saturated rings. The van der Waals surface area contributed by atoms with Gasteiger partial charge in [0.2, 0.25) is 11.8 Å². The Labute approximate surface area is 117 Å². The van der Waals surface area contributed by atoms with Crippen molar-refractivity contribution in [2.24, 2.45) is 5.92 Å². The van der Waals surface area contributed by atoms with Gasteiger partial charge in [-0.15, -0.1) is 0 Å². The average molecular weight is 280 g/mol. The molecule has 20 heavy (non-hydrogen) atoms. The van der Waals surface area contributed by atoms with Crippen LogP contribution in [0.15, 0.2) is 0 Å². The Morgan fingerprint density at radius 3 is 1.90 bits per heavy atom. The van der Waals surface area contributed by atoms with Crippen molar-refractivity contribution in [2.75, 3.05) is 13.1 Å². The van der Waals surface area contributed by atoms with E-state index in [1.54, 1.807) is 4.90 Å². The number of hydrogen-bond donors (Lipinski definition) is 1. The van der Waals surface area contributed by atoms with E-state index in [0.29, 0.717) is 25.9 Å². The Bertz CT molecular complexity index is 446. The first-order valence-corrected chi connectivity index (χ1v) is 7.43. The van der Waals surface area contributed by atoms with Crippen molar-refractivity contribution in [3.8, 4) is 0 Å². The summed E-state index contributed by atoms with van der Waals surface area (Å²) in [7, 11) is 0. The molecule has 0 bridgehead atoms. The van der Waals surface area contributed by atoms with Crippen LogP contribution in [0.1, 0.15) is 38.5 Å². The maximum absolute atomic E-state index is 12.6. The van der Waals surface area contributed by atoms with E-state index in [1.807, 2.05) is 0 Å². The van der Waals surface area contributed by atoms with Gasteiger partial charge in [0, 0.05) is 19.0 Å². The Morgan fingerprint density at radius 2 is 1.35 bits per heavy atom. The minimum atomic E-state index is -0.936. The summed E-state index contributed by atoms with van der Waals surface area (Å²) in [6.07, 6.45) is 4.60. The molecule has 2 atom stereocenters. The van der Waals surface area contributed by atoms with Gasteiger partial charge in [-0.1, -0.05) is 0 Å². The smallest absolute Gasteiger partial charge is 0.326 e. The molecule has 0 radical (unpaired) electrons. The fraction of sp³-hybridized carbons (Fsp3) is 0.786. The van der Waals surface area contributed by atoms with Gasteiger partial charge in [0.1, 0.15) is 12.1 Å². The van der Waals surface area contributed by atoms with Gasteiger partial charge in [0.15, 0.2) is 0 Å². The molecule has 2 amide bonds. The summed E-state index contributed by atoms with van der Waals surface area (Å²) in [5.74, 6) is -0.903. The van der Waals surface area contributed by atoms with Gasteiger partial charge in [-0.2, -0.15) is 0 Å². The largest absolute Gasteiger partial charge is 0.480 e. The molecule has 2 aliphatic heterocycles. The quantitative estimate of drug-likeness (QED) is 0.815. The number of carbonyl (C=O) groups excluding carboxylic acids is 2. The second-order valence-electron chi connectivity index (χ2n) is 5.99. The number of amides is 2. The number of carbonyl (C=O) groups is 3. The van der Waals surface area contributed by atoms with Crippen LogP contribution >= 0.6 is 0 Å². The first-order valence-electron chi connectivity index (χ1n) is 7.43. The molecule has 1 unspecified atom stereocenters. The van der Waals surface area contributed by atoms with Crippen LogP contribution in [0.2, 0.25) is 0 Å². The molecule has 3 rings (SSSR count). The van der Waals surface area contributed by atoms with E-state index < -0.39 is 18.1 Å². The van der Waals surface area contributed by atoms with Crippen LogP contribution in [0.5, 0.6) is 0 Å². The summed E-state index contributed by atoms with van der Waals surface area (Å²) >= 11 is 0. The molecular weight excluding hydrogens is 260 g/mol. The normalized spacial score (nSPS) is 29.8. The highest BCUT2D eigenvalue weighted by molar-refractivity contribution is 5.92. The molecule has 0 aromatic carbocycles. The molecule has 2 heterocycles. The average Bonchev–Trinajstić information content (AvgIpc) is 2.97. The van der Waals surface area contributed by atoms with Crippen molar-refractivity contribution >= 4 is 17.8 Å². The Hall–Kier alpha value is -1.59. The van der Waals surface area contributed by atoms with E-state index in [1.165, 1.54) is 4.90 Å². The predicted molar refractivity (Wildman–Crippen MR) is 69.8 cm³/mol. The van der Waals surface area contributed by atoms with Crippen LogP contribution in [-0.2, 0) is 14.4 Å². The summed E-state index contributed by atoms with van der Waals surface area (Å²) in [5, 5.41) is 9.17. The van der Waals surface area contributed by atoms with E-state index in [2.05, 4.69) is 0 Å². The summed E-state index contributed by atoms with van der Waals surface area (Å²) < 4.78 is 0. The van der Waals surface area contributed by atoms with E-state index in [0.717, 1.165) is 25.7 Å². The van der Waals surface area contributed by atoms with E-state index in [9.17, 15) is 19.5 Å². The summed E-state index contributed by atoms with van der Waals surface area (Å²) in [4.78, 5) is 39.1. The van der Waals surface area contributed by atoms with Gasteiger partial charge in [0.05, 0.1) is 0 Å². The van der Waals surface area contributed by atoms with E-state index in [-0.39, 0.29) is 17.7 Å². The third-order valence-corrected chi connectivity index (χ3v) is 4.57. The first-order chi connectivity index (χ1) is 9.59. The highest BCUT2D eigenvalue weighted by Gasteiger charge is 2.44. The predicted octanol–water partition coefficient (Wildman–Crippen LogP) is 0.463. The summed E-state index contributed by atoms with van der Waals surface area (Å²) in [5.41, 5.74) is 0. The van der Waals surface area contributed by atoms with Crippen molar-refractivity contribution in [2.45, 2.75) is 50.6 Å². The number of carboxylic acid groups (broad SMARTS) is 1. The highest BCUT2D eigenvalue weighted by Crippen LogP contribution is 2.34. The number of aliphatic carboxylic acids is 1. The molecule has 0 aromatic rings. The summed E-state index contributed by atoms with van der Waals surface area (Å²) in [6.45, 7) is 1.13. The van der Waals surface area contributed by atoms with Gasteiger partial charge in [-0.25, -0.2) is 4.79 Å². The molecular formula is C14H20N2O4. The zero-order chi connectivity index (χ0) is 14.3. The molecule has 3 aliphatic rings. The van der Waals surface area contributed by atoms with E-state index >= 15 is 0 Å². The summed E-state index contributed by atoms with van der Waals surface area (Å²) in [6, 6.07) is -1.14.